The van der Waals surface area contributed by atoms with Gasteiger partial charge in [0, 0.05) is 12.2 Å². The van der Waals surface area contributed by atoms with E-state index in [-0.39, 0.29) is 23.6 Å². The van der Waals surface area contributed by atoms with Gasteiger partial charge in [-0.15, -0.1) is 10.2 Å². The number of rotatable bonds is 6. The van der Waals surface area contributed by atoms with Gasteiger partial charge in [0.25, 0.3) is 0 Å². The van der Waals surface area contributed by atoms with E-state index in [2.05, 4.69) is 14.9 Å². The normalized spacial score (nSPS) is 17.2. The predicted octanol–water partition coefficient (Wildman–Crippen LogP) is 2.53. The smallest absolute Gasteiger partial charge is 0.316 e. The minimum atomic E-state index is -0.324. The lowest BCUT2D eigenvalue weighted by Gasteiger charge is -2.14. The summed E-state index contributed by atoms with van der Waals surface area (Å²) in [5.74, 6) is 0.168. The molecule has 1 aromatic carbocycles. The highest BCUT2D eigenvalue weighted by atomic mass is 32.2. The molecule has 128 valence electrons. The maximum Gasteiger partial charge on any atom is 0.316 e. The minimum Gasteiger partial charge on any atom is -0.468 e. The van der Waals surface area contributed by atoms with E-state index in [1.807, 2.05) is 4.57 Å². The Kier molecular flexibility index (Phi) is 5.47. The molecule has 0 aliphatic carbocycles. The van der Waals surface area contributed by atoms with Crippen LogP contribution in [0, 0.1) is 5.82 Å². The number of halogens is 1. The van der Waals surface area contributed by atoms with Crippen LogP contribution < -0.4 is 0 Å². The highest BCUT2D eigenvalue weighted by Gasteiger charge is 2.22. The van der Waals surface area contributed by atoms with E-state index in [1.54, 1.807) is 12.1 Å². The molecule has 0 N–H and O–H groups in total. The monoisotopic (exact) mass is 351 g/mol. The number of methoxy groups -OCH3 is 1. The third kappa shape index (κ3) is 3.93. The van der Waals surface area contributed by atoms with Crippen molar-refractivity contribution in [3.05, 3.63) is 30.1 Å². The Bertz CT molecular complexity index is 699. The molecule has 1 unspecified atom stereocenters. The fraction of sp³-hybridized carbons (Fsp3) is 0.438. The molecule has 1 aromatic heterocycles. The van der Waals surface area contributed by atoms with Crippen LogP contribution in [0.25, 0.3) is 11.4 Å². The van der Waals surface area contributed by atoms with E-state index in [9.17, 15) is 9.18 Å². The van der Waals surface area contributed by atoms with Crippen LogP contribution in [0.2, 0.25) is 0 Å². The summed E-state index contributed by atoms with van der Waals surface area (Å²) in [6.45, 7) is 1.35. The van der Waals surface area contributed by atoms with Gasteiger partial charge in [-0.3, -0.25) is 9.36 Å². The maximum atomic E-state index is 13.2. The summed E-state index contributed by atoms with van der Waals surface area (Å²) < 4.78 is 25.5. The fourth-order valence-corrected chi connectivity index (χ4v) is 3.33. The summed E-state index contributed by atoms with van der Waals surface area (Å²) in [5.41, 5.74) is 0.770. The zero-order valence-electron chi connectivity index (χ0n) is 13.3. The molecule has 0 bridgehead atoms. The Labute approximate surface area is 143 Å². The van der Waals surface area contributed by atoms with Gasteiger partial charge in [0.05, 0.1) is 25.5 Å². The lowest BCUT2D eigenvalue weighted by Crippen LogP contribution is -2.17. The van der Waals surface area contributed by atoms with Crippen LogP contribution in [-0.2, 0) is 20.8 Å². The van der Waals surface area contributed by atoms with Crippen molar-refractivity contribution in [2.24, 2.45) is 0 Å². The number of carbonyl (C=O) groups excluding carboxylic acids is 1. The molecule has 0 spiro atoms. The van der Waals surface area contributed by atoms with Gasteiger partial charge in [-0.25, -0.2) is 4.39 Å². The molecule has 8 heteroatoms. The zero-order valence-corrected chi connectivity index (χ0v) is 14.1. The molecule has 0 radical (unpaired) electrons. The Hall–Kier alpha value is -1.93. The maximum absolute atomic E-state index is 13.2. The van der Waals surface area contributed by atoms with E-state index in [0.717, 1.165) is 25.0 Å². The Morgan fingerprint density at radius 3 is 2.88 bits per heavy atom. The molecular formula is C16H18FN3O3S. The van der Waals surface area contributed by atoms with E-state index >= 15 is 0 Å². The van der Waals surface area contributed by atoms with Crippen molar-refractivity contribution in [2.45, 2.75) is 30.6 Å². The Morgan fingerprint density at radius 2 is 2.21 bits per heavy atom. The Morgan fingerprint density at radius 1 is 1.42 bits per heavy atom. The van der Waals surface area contributed by atoms with Gasteiger partial charge in [-0.2, -0.15) is 0 Å². The van der Waals surface area contributed by atoms with Crippen molar-refractivity contribution in [3.63, 3.8) is 0 Å². The van der Waals surface area contributed by atoms with Gasteiger partial charge in [0.1, 0.15) is 5.82 Å². The topological polar surface area (TPSA) is 66.2 Å². The molecule has 1 fully saturated rings. The van der Waals surface area contributed by atoms with Crippen LogP contribution in [0.1, 0.15) is 12.8 Å². The molecular weight excluding hydrogens is 333 g/mol. The largest absolute Gasteiger partial charge is 0.468 e. The minimum absolute atomic E-state index is 0.0951. The molecule has 24 heavy (non-hydrogen) atoms. The number of benzene rings is 1. The molecule has 3 rings (SSSR count). The summed E-state index contributed by atoms with van der Waals surface area (Å²) >= 11 is 1.27. The van der Waals surface area contributed by atoms with Crippen molar-refractivity contribution >= 4 is 17.7 Å². The van der Waals surface area contributed by atoms with Crippen molar-refractivity contribution in [2.75, 3.05) is 19.5 Å². The molecule has 0 amide bonds. The number of ether oxygens (including phenoxy) is 2. The summed E-state index contributed by atoms with van der Waals surface area (Å²) in [7, 11) is 1.35. The quantitative estimate of drug-likeness (QED) is 0.589. The highest BCUT2D eigenvalue weighted by Crippen LogP contribution is 2.26. The van der Waals surface area contributed by atoms with E-state index < -0.39 is 0 Å². The number of carbonyl (C=O) groups is 1. The molecule has 1 aliphatic heterocycles. The molecule has 1 aliphatic rings. The first-order valence-electron chi connectivity index (χ1n) is 7.67. The van der Waals surface area contributed by atoms with Gasteiger partial charge >= 0.3 is 5.97 Å². The second-order valence-corrected chi connectivity index (χ2v) is 6.37. The average molecular weight is 351 g/mol. The fourth-order valence-electron chi connectivity index (χ4n) is 2.55. The van der Waals surface area contributed by atoms with Crippen LogP contribution >= 0.6 is 11.8 Å². The average Bonchev–Trinajstić information content (AvgIpc) is 3.24. The molecule has 2 aromatic rings. The number of hydrogen-bond acceptors (Lipinski definition) is 6. The molecule has 1 saturated heterocycles. The first-order valence-corrected chi connectivity index (χ1v) is 8.66. The first kappa shape index (κ1) is 16.9. The van der Waals surface area contributed by atoms with Crippen LogP contribution in [0.3, 0.4) is 0 Å². The van der Waals surface area contributed by atoms with Crippen molar-refractivity contribution in [3.8, 4) is 11.4 Å². The Balaban J connectivity index is 1.87. The van der Waals surface area contributed by atoms with Crippen LogP contribution in [0.15, 0.2) is 29.4 Å². The van der Waals surface area contributed by atoms with Gasteiger partial charge in [-0.1, -0.05) is 11.8 Å². The van der Waals surface area contributed by atoms with Gasteiger partial charge < -0.3 is 9.47 Å². The lowest BCUT2D eigenvalue weighted by atomic mass is 10.2. The SMILES string of the molecule is COC(=O)CSc1nnc(-c2ccc(F)cc2)n1CC1CCCO1. The second kappa shape index (κ2) is 7.76. The van der Waals surface area contributed by atoms with Gasteiger partial charge in [0.15, 0.2) is 11.0 Å². The lowest BCUT2D eigenvalue weighted by molar-refractivity contribution is -0.137. The van der Waals surface area contributed by atoms with Crippen LogP contribution in [-0.4, -0.2) is 46.3 Å². The van der Waals surface area contributed by atoms with E-state index in [1.165, 1.54) is 31.0 Å². The van der Waals surface area contributed by atoms with E-state index in [0.29, 0.717) is 17.5 Å². The summed E-state index contributed by atoms with van der Waals surface area (Å²) in [4.78, 5) is 11.4. The summed E-state index contributed by atoms with van der Waals surface area (Å²) in [5, 5.41) is 9.03. The highest BCUT2D eigenvalue weighted by molar-refractivity contribution is 7.99. The zero-order chi connectivity index (χ0) is 16.9. The second-order valence-electron chi connectivity index (χ2n) is 5.42. The number of esters is 1. The van der Waals surface area contributed by atoms with Gasteiger partial charge in [-0.05, 0) is 37.1 Å². The van der Waals surface area contributed by atoms with Crippen molar-refractivity contribution in [1.29, 1.82) is 0 Å². The first-order chi connectivity index (χ1) is 11.7. The number of aromatic nitrogens is 3. The van der Waals surface area contributed by atoms with Crippen molar-refractivity contribution in [1.82, 2.24) is 14.8 Å². The van der Waals surface area contributed by atoms with Crippen molar-refractivity contribution < 1.29 is 18.7 Å². The predicted molar refractivity (Wildman–Crippen MR) is 87.1 cm³/mol. The third-order valence-electron chi connectivity index (χ3n) is 3.78. The number of nitrogens with zero attached hydrogens (tertiary/aromatic N) is 3. The molecule has 6 nitrogen and oxygen atoms in total. The van der Waals surface area contributed by atoms with Crippen LogP contribution in [0.5, 0.6) is 0 Å². The molecule has 2 heterocycles. The van der Waals surface area contributed by atoms with Crippen LogP contribution in [0.4, 0.5) is 4.39 Å². The molecule has 0 saturated carbocycles. The van der Waals surface area contributed by atoms with Gasteiger partial charge in [0.2, 0.25) is 0 Å². The summed E-state index contributed by atoms with van der Waals surface area (Å²) in [6.07, 6.45) is 2.10. The van der Waals surface area contributed by atoms with E-state index in [4.69, 9.17) is 4.74 Å². The molecule has 1 atom stereocenters. The number of thioether (sulfide) groups is 1. The number of hydrogen-bond donors (Lipinski definition) is 0. The summed E-state index contributed by atoms with van der Waals surface area (Å²) in [6, 6.07) is 6.11. The standard InChI is InChI=1S/C16H18FN3O3S/c1-22-14(21)10-24-16-19-18-15(11-4-6-12(17)7-5-11)20(16)9-13-3-2-8-23-13/h4-7,13H,2-3,8-10H2,1H3. The third-order valence-corrected chi connectivity index (χ3v) is 4.72.